The fraction of sp³-hybridized carbons (Fsp3) is 1.00. The third-order valence-electron chi connectivity index (χ3n) is 3.58. The Morgan fingerprint density at radius 1 is 1.14 bits per heavy atom. The fourth-order valence-electron chi connectivity index (χ4n) is 2.78. The van der Waals surface area contributed by atoms with E-state index in [9.17, 15) is 10.2 Å². The molecule has 1 saturated carbocycles. The smallest absolute Gasteiger partial charge is 0.0774 e. The fourth-order valence-corrected chi connectivity index (χ4v) is 2.78. The summed E-state index contributed by atoms with van der Waals surface area (Å²) >= 11 is 0. The highest BCUT2D eigenvalue weighted by molar-refractivity contribution is 4.93. The van der Waals surface area contributed by atoms with Crippen molar-refractivity contribution in [2.45, 2.75) is 50.2 Å². The van der Waals surface area contributed by atoms with E-state index in [2.05, 4.69) is 4.90 Å². The average molecular weight is 199 g/mol. The van der Waals surface area contributed by atoms with E-state index in [0.717, 1.165) is 51.7 Å². The first-order chi connectivity index (χ1) is 6.49. The molecular formula is C11H21NO2. The van der Waals surface area contributed by atoms with Gasteiger partial charge in [-0.3, -0.25) is 4.90 Å². The molecule has 0 aromatic rings. The normalized spacial score (nSPS) is 37.9. The van der Waals surface area contributed by atoms with Crippen LogP contribution in [0.1, 0.15) is 39.0 Å². The summed E-state index contributed by atoms with van der Waals surface area (Å²) in [6, 6.07) is 0. The Hall–Kier alpha value is -0.120. The van der Waals surface area contributed by atoms with Crippen LogP contribution >= 0.6 is 0 Å². The Bertz CT molecular complexity index is 209. The van der Waals surface area contributed by atoms with Crippen LogP contribution in [0.2, 0.25) is 0 Å². The van der Waals surface area contributed by atoms with Crippen molar-refractivity contribution >= 4 is 0 Å². The van der Waals surface area contributed by atoms with Gasteiger partial charge in [0.2, 0.25) is 0 Å². The summed E-state index contributed by atoms with van der Waals surface area (Å²) in [5, 5.41) is 20.0. The summed E-state index contributed by atoms with van der Waals surface area (Å²) in [7, 11) is 0. The van der Waals surface area contributed by atoms with E-state index >= 15 is 0 Å². The van der Waals surface area contributed by atoms with Gasteiger partial charge in [-0.2, -0.15) is 0 Å². The first-order valence-electron chi connectivity index (χ1n) is 5.66. The summed E-state index contributed by atoms with van der Waals surface area (Å²) < 4.78 is 0. The topological polar surface area (TPSA) is 43.7 Å². The third kappa shape index (κ3) is 2.27. The Kier molecular flexibility index (Phi) is 2.58. The Morgan fingerprint density at radius 2 is 1.79 bits per heavy atom. The van der Waals surface area contributed by atoms with Crippen LogP contribution in [0, 0.1) is 0 Å². The molecule has 1 aliphatic carbocycles. The lowest BCUT2D eigenvalue weighted by Crippen LogP contribution is -2.41. The summed E-state index contributed by atoms with van der Waals surface area (Å²) in [6.45, 7) is 4.28. The molecule has 0 amide bonds. The first kappa shape index (κ1) is 10.4. The standard InChI is InChI=1S/C11H21NO2/c1-10(13)6-7-12(8-10)9-11(14)4-2-3-5-11/h13-14H,2-9H2,1H3. The van der Waals surface area contributed by atoms with Gasteiger partial charge in [0.25, 0.3) is 0 Å². The minimum atomic E-state index is -0.533. The van der Waals surface area contributed by atoms with Gasteiger partial charge >= 0.3 is 0 Å². The molecule has 0 aromatic heterocycles. The van der Waals surface area contributed by atoms with Crippen molar-refractivity contribution < 1.29 is 10.2 Å². The van der Waals surface area contributed by atoms with Crippen molar-refractivity contribution in [1.82, 2.24) is 4.90 Å². The lowest BCUT2D eigenvalue weighted by Gasteiger charge is -2.28. The number of β-amino-alcohol motifs (C(OH)–C–C–N with tert-alkyl or cyclic N) is 2. The maximum Gasteiger partial charge on any atom is 0.0774 e. The predicted molar refractivity (Wildman–Crippen MR) is 55.1 cm³/mol. The second-order valence-electron chi connectivity index (χ2n) is 5.39. The molecule has 2 fully saturated rings. The van der Waals surface area contributed by atoms with E-state index < -0.39 is 11.2 Å². The van der Waals surface area contributed by atoms with Crippen molar-refractivity contribution in [2.75, 3.05) is 19.6 Å². The van der Waals surface area contributed by atoms with Gasteiger partial charge < -0.3 is 10.2 Å². The molecule has 1 heterocycles. The second-order valence-corrected chi connectivity index (χ2v) is 5.39. The van der Waals surface area contributed by atoms with Gasteiger partial charge in [0.1, 0.15) is 0 Å². The molecule has 1 unspecified atom stereocenters. The van der Waals surface area contributed by atoms with Crippen LogP contribution in [0.5, 0.6) is 0 Å². The molecule has 0 radical (unpaired) electrons. The number of likely N-dealkylation sites (tertiary alicyclic amines) is 1. The predicted octanol–water partition coefficient (Wildman–Crippen LogP) is 0.748. The molecule has 1 atom stereocenters. The zero-order valence-corrected chi connectivity index (χ0v) is 9.00. The van der Waals surface area contributed by atoms with Gasteiger partial charge in [-0.1, -0.05) is 12.8 Å². The van der Waals surface area contributed by atoms with Crippen LogP contribution in [0.15, 0.2) is 0 Å². The van der Waals surface area contributed by atoms with E-state index in [1.807, 2.05) is 6.92 Å². The minimum Gasteiger partial charge on any atom is -0.389 e. The first-order valence-corrected chi connectivity index (χ1v) is 5.66. The van der Waals surface area contributed by atoms with E-state index in [1.165, 1.54) is 0 Å². The highest BCUT2D eigenvalue weighted by atomic mass is 16.3. The van der Waals surface area contributed by atoms with Gasteiger partial charge in [-0.05, 0) is 26.2 Å². The Balaban J connectivity index is 1.86. The maximum absolute atomic E-state index is 10.2. The van der Waals surface area contributed by atoms with Gasteiger partial charge in [0.15, 0.2) is 0 Å². The molecule has 0 spiro atoms. The van der Waals surface area contributed by atoms with Crippen LogP contribution in [-0.2, 0) is 0 Å². The number of nitrogens with zero attached hydrogens (tertiary/aromatic N) is 1. The summed E-state index contributed by atoms with van der Waals surface area (Å²) in [6.07, 6.45) is 5.02. The molecular weight excluding hydrogens is 178 g/mol. The molecule has 3 nitrogen and oxygen atoms in total. The average Bonchev–Trinajstić information content (AvgIpc) is 2.59. The second kappa shape index (κ2) is 3.47. The van der Waals surface area contributed by atoms with Gasteiger partial charge in [0.05, 0.1) is 11.2 Å². The highest BCUT2D eigenvalue weighted by Crippen LogP contribution is 2.32. The van der Waals surface area contributed by atoms with Gasteiger partial charge in [-0.15, -0.1) is 0 Å². The van der Waals surface area contributed by atoms with Crippen LogP contribution in [0.4, 0.5) is 0 Å². The van der Waals surface area contributed by atoms with Crippen LogP contribution in [-0.4, -0.2) is 45.9 Å². The third-order valence-corrected chi connectivity index (χ3v) is 3.58. The summed E-state index contributed by atoms with van der Waals surface area (Å²) in [5.74, 6) is 0. The van der Waals surface area contributed by atoms with E-state index in [4.69, 9.17) is 0 Å². The zero-order valence-electron chi connectivity index (χ0n) is 9.00. The highest BCUT2D eigenvalue weighted by Gasteiger charge is 2.38. The maximum atomic E-state index is 10.2. The van der Waals surface area contributed by atoms with Crippen molar-refractivity contribution in [3.63, 3.8) is 0 Å². The molecule has 1 saturated heterocycles. The summed E-state index contributed by atoms with van der Waals surface area (Å²) in [5.41, 5.74) is -0.991. The SMILES string of the molecule is CC1(O)CCN(CC2(O)CCCC2)C1. The molecule has 14 heavy (non-hydrogen) atoms. The van der Waals surface area contributed by atoms with Crippen molar-refractivity contribution in [1.29, 1.82) is 0 Å². The molecule has 2 aliphatic rings. The van der Waals surface area contributed by atoms with Crippen LogP contribution in [0.25, 0.3) is 0 Å². The number of rotatable bonds is 2. The zero-order chi connectivity index (χ0) is 10.2. The number of hydrogen-bond acceptors (Lipinski definition) is 3. The Morgan fingerprint density at radius 3 is 2.29 bits per heavy atom. The Labute approximate surface area is 85.7 Å². The molecule has 3 heteroatoms. The molecule has 0 aromatic carbocycles. The quantitative estimate of drug-likeness (QED) is 0.689. The molecule has 82 valence electrons. The molecule has 0 bridgehead atoms. The summed E-state index contributed by atoms with van der Waals surface area (Å²) in [4.78, 5) is 2.20. The largest absolute Gasteiger partial charge is 0.389 e. The van der Waals surface area contributed by atoms with Crippen LogP contribution < -0.4 is 0 Å². The molecule has 2 rings (SSSR count). The minimum absolute atomic E-state index is 0.458. The van der Waals surface area contributed by atoms with Crippen molar-refractivity contribution in [3.8, 4) is 0 Å². The van der Waals surface area contributed by atoms with Crippen molar-refractivity contribution in [2.24, 2.45) is 0 Å². The molecule has 2 N–H and O–H groups in total. The molecule has 1 aliphatic heterocycles. The number of aliphatic hydroxyl groups is 2. The van der Waals surface area contributed by atoms with Crippen LogP contribution in [0.3, 0.4) is 0 Å². The van der Waals surface area contributed by atoms with E-state index in [0.29, 0.717) is 0 Å². The lowest BCUT2D eigenvalue weighted by atomic mass is 10.0. The van der Waals surface area contributed by atoms with E-state index in [1.54, 1.807) is 0 Å². The lowest BCUT2D eigenvalue weighted by molar-refractivity contribution is 0.00497. The van der Waals surface area contributed by atoms with Gasteiger partial charge in [-0.25, -0.2) is 0 Å². The van der Waals surface area contributed by atoms with E-state index in [-0.39, 0.29) is 0 Å². The number of hydrogen-bond donors (Lipinski definition) is 2. The van der Waals surface area contributed by atoms with Crippen molar-refractivity contribution in [3.05, 3.63) is 0 Å². The monoisotopic (exact) mass is 199 g/mol. The van der Waals surface area contributed by atoms with Gasteiger partial charge in [0, 0.05) is 19.6 Å².